The predicted molar refractivity (Wildman–Crippen MR) is 96.5 cm³/mol. The number of hydrogen-bond acceptors (Lipinski definition) is 2. The Kier molecular flexibility index (Phi) is 4.14. The van der Waals surface area contributed by atoms with E-state index in [2.05, 4.69) is 13.8 Å². The minimum atomic E-state index is 0.263. The second-order valence-corrected chi connectivity index (χ2v) is 10.1. The van der Waals surface area contributed by atoms with Gasteiger partial charge in [-0.15, -0.1) is 0 Å². The van der Waals surface area contributed by atoms with E-state index in [1.165, 1.54) is 51.4 Å². The molecule has 0 aromatic carbocycles. The Hall–Kier alpha value is -0.370. The predicted octanol–water partition coefficient (Wildman–Crippen LogP) is 4.84. The van der Waals surface area contributed by atoms with Crippen LogP contribution in [0.1, 0.15) is 78.6 Å². The normalized spacial score (nSPS) is 53.8. The van der Waals surface area contributed by atoms with Crippen LogP contribution in [0.3, 0.4) is 0 Å². The van der Waals surface area contributed by atoms with Crippen molar-refractivity contribution >= 4 is 5.78 Å². The third-order valence-electron chi connectivity index (χ3n) is 9.66. The molecule has 4 saturated carbocycles. The average Bonchev–Trinajstić information content (AvgIpc) is 2.91. The molecule has 24 heavy (non-hydrogen) atoms. The van der Waals surface area contributed by atoms with Crippen LogP contribution in [0.2, 0.25) is 0 Å². The van der Waals surface area contributed by atoms with E-state index in [1.807, 2.05) is 6.92 Å². The van der Waals surface area contributed by atoms with Gasteiger partial charge in [0.2, 0.25) is 0 Å². The van der Waals surface area contributed by atoms with Crippen LogP contribution < -0.4 is 0 Å². The monoisotopic (exact) mass is 332 g/mol. The summed E-state index contributed by atoms with van der Waals surface area (Å²) >= 11 is 0. The molecule has 2 nitrogen and oxygen atoms in total. The van der Waals surface area contributed by atoms with Gasteiger partial charge in [-0.05, 0) is 98.7 Å². The number of aliphatic hydroxyl groups excluding tert-OH is 1. The maximum atomic E-state index is 12.2. The summed E-state index contributed by atoms with van der Waals surface area (Å²) < 4.78 is 0. The topological polar surface area (TPSA) is 37.3 Å². The van der Waals surface area contributed by atoms with Crippen LogP contribution in [0, 0.1) is 46.3 Å². The number of fused-ring (bicyclic) bond motifs is 5. The molecule has 0 aliphatic heterocycles. The number of Topliss-reactive ketones (excluding diaryl/α,β-unsaturated/α-hetero) is 1. The zero-order valence-electron chi connectivity index (χ0n) is 15.9. The van der Waals surface area contributed by atoms with Gasteiger partial charge < -0.3 is 5.11 Å². The van der Waals surface area contributed by atoms with Gasteiger partial charge in [-0.3, -0.25) is 4.79 Å². The molecule has 8 atom stereocenters. The molecular weight excluding hydrogens is 296 g/mol. The van der Waals surface area contributed by atoms with E-state index in [1.54, 1.807) is 0 Å². The first-order valence-corrected chi connectivity index (χ1v) is 10.5. The second-order valence-electron chi connectivity index (χ2n) is 10.1. The molecular formula is C22H36O2. The Morgan fingerprint density at radius 1 is 1.00 bits per heavy atom. The molecule has 0 bridgehead atoms. The minimum Gasteiger partial charge on any atom is -0.396 e. The quantitative estimate of drug-likeness (QED) is 0.785. The fraction of sp³-hybridized carbons (Fsp3) is 0.955. The molecule has 4 fully saturated rings. The third-order valence-corrected chi connectivity index (χ3v) is 9.66. The molecule has 4 rings (SSSR count). The van der Waals surface area contributed by atoms with Gasteiger partial charge in [0.15, 0.2) is 0 Å². The lowest BCUT2D eigenvalue weighted by Gasteiger charge is -2.62. The van der Waals surface area contributed by atoms with E-state index < -0.39 is 0 Å². The maximum Gasteiger partial charge on any atom is 0.133 e. The number of carbonyl (C=O) groups is 1. The molecule has 1 unspecified atom stereocenters. The van der Waals surface area contributed by atoms with Crippen LogP contribution in [-0.4, -0.2) is 17.5 Å². The fourth-order valence-corrected chi connectivity index (χ4v) is 8.44. The smallest absolute Gasteiger partial charge is 0.133 e. The van der Waals surface area contributed by atoms with E-state index >= 15 is 0 Å². The highest BCUT2D eigenvalue weighted by Gasteiger charge is 2.61. The van der Waals surface area contributed by atoms with Crippen molar-refractivity contribution in [1.82, 2.24) is 0 Å². The van der Waals surface area contributed by atoms with Crippen LogP contribution in [0.25, 0.3) is 0 Å². The van der Waals surface area contributed by atoms with Crippen LogP contribution in [-0.2, 0) is 4.79 Å². The average molecular weight is 333 g/mol. The number of ketones is 1. The van der Waals surface area contributed by atoms with Crippen LogP contribution >= 0.6 is 0 Å². The second kappa shape index (κ2) is 5.83. The lowest BCUT2D eigenvalue weighted by Crippen LogP contribution is -2.56. The number of rotatable bonds is 2. The van der Waals surface area contributed by atoms with Crippen LogP contribution in [0.5, 0.6) is 0 Å². The van der Waals surface area contributed by atoms with Gasteiger partial charge in [-0.25, -0.2) is 0 Å². The van der Waals surface area contributed by atoms with Crippen molar-refractivity contribution in [2.24, 2.45) is 46.3 Å². The zero-order chi connectivity index (χ0) is 17.1. The van der Waals surface area contributed by atoms with Gasteiger partial charge in [0.05, 0.1) is 0 Å². The van der Waals surface area contributed by atoms with E-state index in [4.69, 9.17) is 0 Å². The number of aliphatic hydroxyl groups is 1. The number of hydrogen-bond donors (Lipinski definition) is 1. The van der Waals surface area contributed by atoms with Gasteiger partial charge in [-0.2, -0.15) is 0 Å². The molecule has 0 saturated heterocycles. The summed E-state index contributed by atoms with van der Waals surface area (Å²) in [5.41, 5.74) is 0.616. The van der Waals surface area contributed by atoms with Crippen molar-refractivity contribution in [1.29, 1.82) is 0 Å². The molecule has 0 aromatic heterocycles. The molecule has 0 spiro atoms. The van der Waals surface area contributed by atoms with Gasteiger partial charge in [0.1, 0.15) is 5.78 Å². The molecule has 4 aliphatic carbocycles. The first-order valence-electron chi connectivity index (χ1n) is 10.5. The van der Waals surface area contributed by atoms with E-state index in [9.17, 15) is 9.90 Å². The maximum absolute atomic E-state index is 12.2. The molecule has 4 aliphatic rings. The van der Waals surface area contributed by atoms with Crippen molar-refractivity contribution in [2.45, 2.75) is 78.6 Å². The van der Waals surface area contributed by atoms with E-state index in [0.29, 0.717) is 29.6 Å². The first-order chi connectivity index (χ1) is 11.4. The van der Waals surface area contributed by atoms with Crippen LogP contribution in [0.4, 0.5) is 0 Å². The first kappa shape index (κ1) is 17.1. The van der Waals surface area contributed by atoms with Crippen LogP contribution in [0.15, 0.2) is 0 Å². The van der Waals surface area contributed by atoms with Crippen molar-refractivity contribution < 1.29 is 9.90 Å². The third kappa shape index (κ3) is 2.14. The Labute approximate surface area is 147 Å². The molecule has 2 heteroatoms. The minimum absolute atomic E-state index is 0.263. The summed E-state index contributed by atoms with van der Waals surface area (Å²) in [5, 5.41) is 10.1. The molecule has 0 amide bonds. The standard InChI is InChI=1S/C22H36O2/c1-14(24)18-9-10-19-17-8-7-15-5-4-6-16(13-23)22(15,3)20(17)11-12-21(18,19)2/h15-20,23H,4-13H2,1-3H3/t15-,16?,17+,18-,19+,20+,21-,22-/m1/s1. The fourth-order valence-electron chi connectivity index (χ4n) is 8.44. The van der Waals surface area contributed by atoms with Gasteiger partial charge >= 0.3 is 0 Å². The van der Waals surface area contributed by atoms with Crippen molar-refractivity contribution in [2.75, 3.05) is 6.61 Å². The van der Waals surface area contributed by atoms with E-state index in [0.717, 1.165) is 30.1 Å². The summed E-state index contributed by atoms with van der Waals surface area (Å²) in [4.78, 5) is 12.2. The van der Waals surface area contributed by atoms with Gasteiger partial charge in [0.25, 0.3) is 0 Å². The summed E-state index contributed by atoms with van der Waals surface area (Å²) in [6.45, 7) is 7.18. The Balaban J connectivity index is 1.66. The Morgan fingerprint density at radius 3 is 2.50 bits per heavy atom. The summed E-state index contributed by atoms with van der Waals surface area (Å²) in [5.74, 6) is 4.44. The lowest BCUT2D eigenvalue weighted by atomic mass is 9.42. The van der Waals surface area contributed by atoms with Gasteiger partial charge in [0, 0.05) is 12.5 Å². The lowest BCUT2D eigenvalue weighted by molar-refractivity contribution is -0.150. The molecule has 136 valence electrons. The molecule has 0 radical (unpaired) electrons. The van der Waals surface area contributed by atoms with Crippen molar-refractivity contribution in [3.05, 3.63) is 0 Å². The Morgan fingerprint density at radius 2 is 1.79 bits per heavy atom. The summed E-state index contributed by atoms with van der Waals surface area (Å²) in [6, 6.07) is 0. The molecule has 0 aromatic rings. The van der Waals surface area contributed by atoms with Gasteiger partial charge in [-0.1, -0.05) is 20.3 Å². The highest BCUT2D eigenvalue weighted by Crippen LogP contribution is 2.68. The number of carbonyl (C=O) groups excluding carboxylic acids is 1. The zero-order valence-corrected chi connectivity index (χ0v) is 15.9. The Bertz CT molecular complexity index is 506. The van der Waals surface area contributed by atoms with Crippen molar-refractivity contribution in [3.8, 4) is 0 Å². The highest BCUT2D eigenvalue weighted by molar-refractivity contribution is 5.79. The molecule has 0 heterocycles. The van der Waals surface area contributed by atoms with Crippen molar-refractivity contribution in [3.63, 3.8) is 0 Å². The SMILES string of the molecule is CC(=O)[C@H]1CC[C@H]2[C@@H]3CC[C@H]4CCCC(CO)[C@]4(C)[C@H]3CC[C@]12C. The summed E-state index contributed by atoms with van der Waals surface area (Å²) in [7, 11) is 0. The summed E-state index contributed by atoms with van der Waals surface area (Å²) in [6.07, 6.45) is 11.6. The molecule has 1 N–H and O–H groups in total. The highest BCUT2D eigenvalue weighted by atomic mass is 16.3. The largest absolute Gasteiger partial charge is 0.396 e. The van der Waals surface area contributed by atoms with E-state index in [-0.39, 0.29) is 5.41 Å².